The standard InChI is InChI=1S/C12H18FN5O/c1-14-12(17-19-2)9-3-4-10(11(13)16-9)18-7-5-15-6-8-18/h3-4,15H,5-8H2,1-2H3,(H,14,17). The van der Waals surface area contributed by atoms with Gasteiger partial charge in [-0.3, -0.25) is 9.83 Å². The van der Waals surface area contributed by atoms with E-state index >= 15 is 0 Å². The van der Waals surface area contributed by atoms with Crippen molar-refractivity contribution in [3.8, 4) is 0 Å². The molecule has 1 aliphatic rings. The molecule has 0 saturated carbocycles. The third-order valence-corrected chi connectivity index (χ3v) is 2.95. The first-order valence-electron chi connectivity index (χ1n) is 6.14. The average Bonchev–Trinajstić information content (AvgIpc) is 2.45. The second-order valence-corrected chi connectivity index (χ2v) is 4.12. The van der Waals surface area contributed by atoms with Gasteiger partial charge in [-0.25, -0.2) is 10.5 Å². The van der Waals surface area contributed by atoms with Crippen LogP contribution in [0.4, 0.5) is 10.1 Å². The van der Waals surface area contributed by atoms with Crippen LogP contribution in [0, 0.1) is 5.95 Å². The van der Waals surface area contributed by atoms with Crippen LogP contribution in [0.15, 0.2) is 17.1 Å². The van der Waals surface area contributed by atoms with Crippen molar-refractivity contribution >= 4 is 11.5 Å². The van der Waals surface area contributed by atoms with Crippen LogP contribution < -0.4 is 15.7 Å². The van der Waals surface area contributed by atoms with E-state index in [1.54, 1.807) is 19.2 Å². The lowest BCUT2D eigenvalue weighted by Gasteiger charge is -2.29. The molecule has 2 heterocycles. The Bertz CT molecular complexity index is 459. The maximum Gasteiger partial charge on any atom is 0.237 e. The Hall–Kier alpha value is -1.73. The number of hydroxylamine groups is 1. The van der Waals surface area contributed by atoms with Gasteiger partial charge in [0.2, 0.25) is 5.95 Å². The summed E-state index contributed by atoms with van der Waals surface area (Å²) < 4.78 is 14.1. The van der Waals surface area contributed by atoms with Gasteiger partial charge in [0.25, 0.3) is 0 Å². The van der Waals surface area contributed by atoms with Crippen LogP contribution >= 0.6 is 0 Å². The van der Waals surface area contributed by atoms with E-state index in [1.807, 2.05) is 4.90 Å². The van der Waals surface area contributed by atoms with E-state index in [2.05, 4.69) is 20.8 Å². The van der Waals surface area contributed by atoms with E-state index in [1.165, 1.54) is 7.11 Å². The molecule has 0 aliphatic carbocycles. The number of rotatable bonds is 3. The summed E-state index contributed by atoms with van der Waals surface area (Å²) in [7, 11) is 3.06. The van der Waals surface area contributed by atoms with Gasteiger partial charge in [0.1, 0.15) is 5.69 Å². The Morgan fingerprint density at radius 3 is 2.79 bits per heavy atom. The van der Waals surface area contributed by atoms with Gasteiger partial charge in [0.05, 0.1) is 12.8 Å². The third kappa shape index (κ3) is 3.18. The fraction of sp³-hybridized carbons (Fsp3) is 0.500. The van der Waals surface area contributed by atoms with E-state index in [0.29, 0.717) is 17.2 Å². The first-order valence-corrected chi connectivity index (χ1v) is 6.14. The number of nitrogens with zero attached hydrogens (tertiary/aromatic N) is 3. The molecule has 2 rings (SSSR count). The zero-order chi connectivity index (χ0) is 13.7. The summed E-state index contributed by atoms with van der Waals surface area (Å²) in [6.45, 7) is 3.27. The van der Waals surface area contributed by atoms with Crippen LogP contribution in [0.3, 0.4) is 0 Å². The summed E-state index contributed by atoms with van der Waals surface area (Å²) in [6.07, 6.45) is 0. The zero-order valence-electron chi connectivity index (χ0n) is 11.1. The highest BCUT2D eigenvalue weighted by Crippen LogP contribution is 2.18. The van der Waals surface area contributed by atoms with Crippen molar-refractivity contribution < 1.29 is 9.23 Å². The Balaban J connectivity index is 2.21. The summed E-state index contributed by atoms with van der Waals surface area (Å²) in [4.78, 5) is 14.7. The van der Waals surface area contributed by atoms with Gasteiger partial charge >= 0.3 is 0 Å². The Morgan fingerprint density at radius 1 is 1.47 bits per heavy atom. The minimum atomic E-state index is -0.488. The Morgan fingerprint density at radius 2 is 2.21 bits per heavy atom. The molecule has 0 bridgehead atoms. The number of hydrogen-bond donors (Lipinski definition) is 2. The van der Waals surface area contributed by atoms with Crippen molar-refractivity contribution in [2.24, 2.45) is 4.99 Å². The molecule has 6 nitrogen and oxygen atoms in total. The first kappa shape index (κ1) is 13.7. The van der Waals surface area contributed by atoms with Crippen molar-refractivity contribution in [3.63, 3.8) is 0 Å². The van der Waals surface area contributed by atoms with Crippen LogP contribution in [0.25, 0.3) is 0 Å². The number of aromatic nitrogens is 1. The maximum absolute atomic E-state index is 14.1. The number of nitrogens with one attached hydrogen (secondary N) is 2. The molecule has 1 aromatic rings. The van der Waals surface area contributed by atoms with Gasteiger partial charge in [-0.15, -0.1) is 0 Å². The molecule has 104 valence electrons. The van der Waals surface area contributed by atoms with E-state index in [-0.39, 0.29) is 0 Å². The van der Waals surface area contributed by atoms with Crippen molar-refractivity contribution in [3.05, 3.63) is 23.8 Å². The van der Waals surface area contributed by atoms with Gasteiger partial charge in [0, 0.05) is 33.2 Å². The summed E-state index contributed by atoms with van der Waals surface area (Å²) in [5.41, 5.74) is 3.52. The summed E-state index contributed by atoms with van der Waals surface area (Å²) >= 11 is 0. The second-order valence-electron chi connectivity index (χ2n) is 4.12. The molecule has 2 N–H and O–H groups in total. The topological polar surface area (TPSA) is 61.8 Å². The number of anilines is 1. The Kier molecular flexibility index (Phi) is 4.64. The minimum Gasteiger partial charge on any atom is -0.365 e. The largest absolute Gasteiger partial charge is 0.365 e. The fourth-order valence-electron chi connectivity index (χ4n) is 2.01. The second kappa shape index (κ2) is 6.44. The lowest BCUT2D eigenvalue weighted by atomic mass is 10.2. The van der Waals surface area contributed by atoms with Crippen LogP contribution in [0.2, 0.25) is 0 Å². The van der Waals surface area contributed by atoms with Gasteiger partial charge < -0.3 is 10.2 Å². The summed E-state index contributed by atoms with van der Waals surface area (Å²) in [6, 6.07) is 3.46. The highest BCUT2D eigenvalue weighted by molar-refractivity contribution is 5.96. The van der Waals surface area contributed by atoms with E-state index in [0.717, 1.165) is 26.2 Å². The molecule has 0 atom stereocenters. The van der Waals surface area contributed by atoms with Crippen LogP contribution in [0.1, 0.15) is 5.69 Å². The van der Waals surface area contributed by atoms with Crippen molar-refractivity contribution in [1.82, 2.24) is 15.8 Å². The lowest BCUT2D eigenvalue weighted by Crippen LogP contribution is -2.44. The molecule has 0 amide bonds. The minimum absolute atomic E-state index is 0.397. The molecule has 1 aliphatic heterocycles. The van der Waals surface area contributed by atoms with Gasteiger partial charge in [-0.05, 0) is 12.1 Å². The van der Waals surface area contributed by atoms with E-state index < -0.39 is 5.95 Å². The number of piperazine rings is 1. The van der Waals surface area contributed by atoms with E-state index in [4.69, 9.17) is 4.84 Å². The van der Waals surface area contributed by atoms with Gasteiger partial charge in [-0.2, -0.15) is 4.39 Å². The molecule has 1 saturated heterocycles. The predicted molar refractivity (Wildman–Crippen MR) is 71.9 cm³/mol. The van der Waals surface area contributed by atoms with Crippen molar-refractivity contribution in [1.29, 1.82) is 0 Å². The average molecular weight is 267 g/mol. The fourth-order valence-corrected chi connectivity index (χ4v) is 2.01. The van der Waals surface area contributed by atoms with Crippen molar-refractivity contribution in [2.75, 3.05) is 45.2 Å². The molecule has 1 aromatic heterocycles. The SMILES string of the molecule is CN=C(NOC)c1ccc(N2CCNCC2)c(F)n1. The molecule has 1 fully saturated rings. The number of aliphatic imine (C=N–C) groups is 1. The molecule has 0 unspecified atom stereocenters. The van der Waals surface area contributed by atoms with Crippen molar-refractivity contribution in [2.45, 2.75) is 0 Å². The molecule has 0 aromatic carbocycles. The normalized spacial score (nSPS) is 16.6. The highest BCUT2D eigenvalue weighted by Gasteiger charge is 2.16. The smallest absolute Gasteiger partial charge is 0.237 e. The molecule has 19 heavy (non-hydrogen) atoms. The van der Waals surface area contributed by atoms with Gasteiger partial charge in [0.15, 0.2) is 5.84 Å². The maximum atomic E-state index is 14.1. The van der Waals surface area contributed by atoms with E-state index in [9.17, 15) is 4.39 Å². The summed E-state index contributed by atoms with van der Waals surface area (Å²) in [5, 5.41) is 3.23. The third-order valence-electron chi connectivity index (χ3n) is 2.95. The molecular weight excluding hydrogens is 249 g/mol. The first-order chi connectivity index (χ1) is 9.26. The predicted octanol–water partition coefficient (Wildman–Crippen LogP) is 0.158. The number of pyridine rings is 1. The highest BCUT2D eigenvalue weighted by atomic mass is 19.1. The zero-order valence-corrected chi connectivity index (χ0v) is 11.1. The number of hydrogen-bond acceptors (Lipinski definition) is 5. The Labute approximate surface area is 111 Å². The molecule has 7 heteroatoms. The van der Waals surface area contributed by atoms with Crippen LogP contribution in [0.5, 0.6) is 0 Å². The summed E-state index contributed by atoms with van der Waals surface area (Å²) in [5.74, 6) is -0.0910. The quantitative estimate of drug-likeness (QED) is 0.353. The van der Waals surface area contributed by atoms with Crippen LogP contribution in [-0.4, -0.2) is 51.2 Å². The van der Waals surface area contributed by atoms with Crippen LogP contribution in [-0.2, 0) is 4.84 Å². The lowest BCUT2D eigenvalue weighted by molar-refractivity contribution is 0.144. The number of amidine groups is 1. The molecule has 0 radical (unpaired) electrons. The molecule has 0 spiro atoms. The monoisotopic (exact) mass is 267 g/mol. The van der Waals surface area contributed by atoms with Gasteiger partial charge in [-0.1, -0.05) is 0 Å². The molecular formula is C12H18FN5O. The number of halogens is 1.